The predicted octanol–water partition coefficient (Wildman–Crippen LogP) is 3.66. The molecule has 1 atom stereocenters. The molecule has 0 fully saturated rings. The average molecular weight is 451 g/mol. The molecule has 1 amide bonds. The van der Waals surface area contributed by atoms with Crippen LogP contribution >= 0.6 is 22.6 Å². The largest absolute Gasteiger partial charge is 0.491 e. The van der Waals surface area contributed by atoms with Gasteiger partial charge in [0, 0.05) is 18.4 Å². The second-order valence-corrected chi connectivity index (χ2v) is 6.95. The van der Waals surface area contributed by atoms with Crippen molar-refractivity contribution in [2.45, 2.75) is 23.7 Å². The molecule has 2 rings (SSSR count). The van der Waals surface area contributed by atoms with Crippen LogP contribution in [0.25, 0.3) is 5.70 Å². The number of ether oxygens (including phenoxy) is 2. The lowest BCUT2D eigenvalue weighted by molar-refractivity contribution is -0.128. The van der Waals surface area contributed by atoms with Crippen LogP contribution in [0.4, 0.5) is 8.78 Å². The molecule has 24 heavy (non-hydrogen) atoms. The molecule has 0 bridgehead atoms. The van der Waals surface area contributed by atoms with Gasteiger partial charge in [0.25, 0.3) is 6.43 Å². The van der Waals surface area contributed by atoms with E-state index in [9.17, 15) is 13.6 Å². The molecule has 1 aromatic rings. The van der Waals surface area contributed by atoms with Crippen LogP contribution in [0.5, 0.6) is 5.75 Å². The van der Waals surface area contributed by atoms with E-state index in [2.05, 4.69) is 0 Å². The topological polar surface area (TPSA) is 38.8 Å². The highest BCUT2D eigenvalue weighted by Gasteiger charge is 2.31. The fourth-order valence-electron chi connectivity index (χ4n) is 2.55. The van der Waals surface area contributed by atoms with E-state index in [0.29, 0.717) is 31.1 Å². The lowest BCUT2D eigenvalue weighted by Crippen LogP contribution is -2.41. The lowest BCUT2D eigenvalue weighted by Gasteiger charge is -2.32. The number of hydrogen-bond donors (Lipinski definition) is 0. The summed E-state index contributed by atoms with van der Waals surface area (Å²) >= 11 is 1.99. The van der Waals surface area contributed by atoms with Gasteiger partial charge in [-0.1, -0.05) is 28.7 Å². The van der Waals surface area contributed by atoms with E-state index >= 15 is 0 Å². The summed E-state index contributed by atoms with van der Waals surface area (Å²) in [5.41, 5.74) is 2.19. The standard InChI is InChI=1S/C17H20F2INO3/c1-11-9-12(24-8-7-23-2)3-4-13(11)15-6-5-14(20)17(22)21(15)10-16(18)19/h3-4,6,9,14,16H,5,7-8,10H2,1-2H3. The van der Waals surface area contributed by atoms with E-state index in [1.54, 1.807) is 13.2 Å². The van der Waals surface area contributed by atoms with Crippen molar-refractivity contribution in [2.24, 2.45) is 0 Å². The van der Waals surface area contributed by atoms with Crippen molar-refractivity contribution in [3.63, 3.8) is 0 Å². The number of aryl methyl sites for hydroxylation is 1. The van der Waals surface area contributed by atoms with Crippen molar-refractivity contribution in [3.8, 4) is 5.75 Å². The first-order valence-electron chi connectivity index (χ1n) is 7.60. The maximum Gasteiger partial charge on any atom is 0.256 e. The van der Waals surface area contributed by atoms with Gasteiger partial charge in [-0.05, 0) is 37.1 Å². The highest BCUT2D eigenvalue weighted by Crippen LogP contribution is 2.32. The van der Waals surface area contributed by atoms with Gasteiger partial charge >= 0.3 is 0 Å². The number of allylic oxidation sites excluding steroid dienone is 1. The second kappa shape index (κ2) is 8.75. The monoisotopic (exact) mass is 451 g/mol. The molecule has 0 aliphatic carbocycles. The van der Waals surface area contributed by atoms with Crippen molar-refractivity contribution in [1.82, 2.24) is 4.90 Å². The van der Waals surface area contributed by atoms with Crippen molar-refractivity contribution >= 4 is 34.2 Å². The van der Waals surface area contributed by atoms with Crippen LogP contribution in [0.3, 0.4) is 0 Å². The molecule has 1 aliphatic heterocycles. The molecule has 132 valence electrons. The molecule has 1 aliphatic rings. The van der Waals surface area contributed by atoms with Gasteiger partial charge in [-0.25, -0.2) is 8.78 Å². The highest BCUT2D eigenvalue weighted by atomic mass is 127. The van der Waals surface area contributed by atoms with E-state index in [-0.39, 0.29) is 9.83 Å². The molecular weight excluding hydrogens is 431 g/mol. The smallest absolute Gasteiger partial charge is 0.256 e. The first kappa shape index (κ1) is 19.1. The Labute approximate surface area is 153 Å². The van der Waals surface area contributed by atoms with Gasteiger partial charge in [0.15, 0.2) is 0 Å². The molecule has 1 unspecified atom stereocenters. The Morgan fingerprint density at radius 2 is 2.12 bits per heavy atom. The Hall–Kier alpha value is -1.22. The number of halogens is 3. The fourth-order valence-corrected chi connectivity index (χ4v) is 3.14. The Morgan fingerprint density at radius 1 is 1.38 bits per heavy atom. The third-order valence-electron chi connectivity index (χ3n) is 3.69. The molecule has 4 nitrogen and oxygen atoms in total. The summed E-state index contributed by atoms with van der Waals surface area (Å²) in [4.78, 5) is 13.5. The Bertz CT molecular complexity index is 622. The Balaban J connectivity index is 2.26. The van der Waals surface area contributed by atoms with Gasteiger partial charge in [-0.2, -0.15) is 0 Å². The summed E-state index contributed by atoms with van der Waals surface area (Å²) in [7, 11) is 1.60. The quantitative estimate of drug-likeness (QED) is 0.361. The number of hydrogen-bond acceptors (Lipinski definition) is 3. The molecule has 1 heterocycles. The van der Waals surface area contributed by atoms with Crippen molar-refractivity contribution in [2.75, 3.05) is 26.9 Å². The van der Waals surface area contributed by atoms with Gasteiger partial charge in [-0.15, -0.1) is 0 Å². The summed E-state index contributed by atoms with van der Waals surface area (Å²) < 4.78 is 36.0. The van der Waals surface area contributed by atoms with Crippen LogP contribution < -0.4 is 4.74 Å². The average Bonchev–Trinajstić information content (AvgIpc) is 2.53. The molecule has 0 saturated heterocycles. The molecule has 0 N–H and O–H groups in total. The predicted molar refractivity (Wildman–Crippen MR) is 96.7 cm³/mol. The molecule has 0 spiro atoms. The number of nitrogens with zero attached hydrogens (tertiary/aromatic N) is 1. The second-order valence-electron chi connectivity index (χ2n) is 5.45. The van der Waals surface area contributed by atoms with Crippen LogP contribution in [0.15, 0.2) is 24.3 Å². The minimum Gasteiger partial charge on any atom is -0.491 e. The van der Waals surface area contributed by atoms with Crippen LogP contribution in [-0.2, 0) is 9.53 Å². The van der Waals surface area contributed by atoms with Gasteiger partial charge in [-0.3, -0.25) is 4.79 Å². The molecule has 7 heteroatoms. The zero-order valence-electron chi connectivity index (χ0n) is 13.6. The first-order chi connectivity index (χ1) is 11.4. The van der Waals surface area contributed by atoms with E-state index < -0.39 is 13.0 Å². The lowest BCUT2D eigenvalue weighted by atomic mass is 10.00. The highest BCUT2D eigenvalue weighted by molar-refractivity contribution is 14.1. The minimum absolute atomic E-state index is 0.270. The number of benzene rings is 1. The molecule has 0 aromatic heterocycles. The van der Waals surface area contributed by atoms with Gasteiger partial charge in [0.05, 0.1) is 17.1 Å². The normalized spacial score (nSPS) is 18.1. The van der Waals surface area contributed by atoms with Crippen LogP contribution in [-0.4, -0.2) is 48.0 Å². The molecule has 0 radical (unpaired) electrons. The summed E-state index contributed by atoms with van der Waals surface area (Å²) in [5, 5.41) is 0. The van der Waals surface area contributed by atoms with E-state index in [1.165, 1.54) is 4.90 Å². The van der Waals surface area contributed by atoms with E-state index in [4.69, 9.17) is 9.47 Å². The third kappa shape index (κ3) is 4.66. The van der Waals surface area contributed by atoms with Crippen molar-refractivity contribution < 1.29 is 23.0 Å². The molecule has 1 aromatic carbocycles. The number of amides is 1. The maximum absolute atomic E-state index is 12.9. The summed E-state index contributed by atoms with van der Waals surface area (Å²) in [6.07, 6.45) is -0.176. The van der Waals surface area contributed by atoms with Gasteiger partial charge < -0.3 is 14.4 Å². The number of carbonyl (C=O) groups is 1. The first-order valence-corrected chi connectivity index (χ1v) is 8.85. The van der Waals surface area contributed by atoms with Crippen molar-refractivity contribution in [3.05, 3.63) is 35.4 Å². The van der Waals surface area contributed by atoms with Gasteiger partial charge in [0.1, 0.15) is 12.4 Å². The Kier molecular flexibility index (Phi) is 6.97. The zero-order valence-corrected chi connectivity index (χ0v) is 15.8. The van der Waals surface area contributed by atoms with Crippen LogP contribution in [0, 0.1) is 6.92 Å². The Morgan fingerprint density at radius 3 is 2.75 bits per heavy atom. The number of rotatable bonds is 7. The maximum atomic E-state index is 12.9. The molecular formula is C17H20F2INO3. The van der Waals surface area contributed by atoms with E-state index in [0.717, 1.165) is 11.1 Å². The number of alkyl halides is 3. The van der Waals surface area contributed by atoms with Gasteiger partial charge in [0.2, 0.25) is 5.91 Å². The van der Waals surface area contributed by atoms with E-state index in [1.807, 2.05) is 47.7 Å². The van der Waals surface area contributed by atoms with Crippen molar-refractivity contribution in [1.29, 1.82) is 0 Å². The van der Waals surface area contributed by atoms with Crippen LogP contribution in [0.2, 0.25) is 0 Å². The summed E-state index contributed by atoms with van der Waals surface area (Å²) in [6.45, 7) is 2.21. The van der Waals surface area contributed by atoms with Crippen LogP contribution in [0.1, 0.15) is 17.5 Å². The number of methoxy groups -OCH3 is 1. The number of carbonyl (C=O) groups excluding carboxylic acids is 1. The zero-order chi connectivity index (χ0) is 17.7. The SMILES string of the molecule is COCCOc1ccc(C2=CCC(I)C(=O)N2CC(F)F)c(C)c1. The minimum atomic E-state index is -2.57. The molecule has 0 saturated carbocycles. The fraction of sp³-hybridized carbons (Fsp3) is 0.471. The summed E-state index contributed by atoms with van der Waals surface area (Å²) in [5.74, 6) is 0.413. The third-order valence-corrected chi connectivity index (χ3v) is 4.73. The summed E-state index contributed by atoms with van der Waals surface area (Å²) in [6, 6.07) is 5.43.